The molecule has 1 heterocycles. The molecule has 2 heteroatoms. The molecule has 0 amide bonds. The lowest BCUT2D eigenvalue weighted by Crippen LogP contribution is -2.44. The van der Waals surface area contributed by atoms with E-state index in [-0.39, 0.29) is 0 Å². The van der Waals surface area contributed by atoms with Crippen LogP contribution >= 0.6 is 0 Å². The summed E-state index contributed by atoms with van der Waals surface area (Å²) in [5, 5.41) is 0. The van der Waals surface area contributed by atoms with Crippen LogP contribution in [0, 0.1) is 11.8 Å². The van der Waals surface area contributed by atoms with Crippen molar-refractivity contribution in [1.29, 1.82) is 0 Å². The van der Waals surface area contributed by atoms with Crippen LogP contribution in [0.1, 0.15) is 27.7 Å². The van der Waals surface area contributed by atoms with Gasteiger partial charge in [0.15, 0.2) is 0 Å². The summed E-state index contributed by atoms with van der Waals surface area (Å²) in [4.78, 5) is 2.40. The third-order valence-corrected chi connectivity index (χ3v) is 2.73. The monoisotopic (exact) mass is 171 g/mol. The first-order chi connectivity index (χ1) is 5.61. The van der Waals surface area contributed by atoms with Crippen molar-refractivity contribution in [2.75, 3.05) is 19.9 Å². The Bertz CT molecular complexity index is 120. The van der Waals surface area contributed by atoms with Crippen molar-refractivity contribution in [3.63, 3.8) is 0 Å². The van der Waals surface area contributed by atoms with Crippen molar-refractivity contribution in [3.8, 4) is 0 Å². The first-order valence-corrected chi connectivity index (χ1v) is 4.93. The van der Waals surface area contributed by atoms with Gasteiger partial charge in [-0.1, -0.05) is 13.8 Å². The fourth-order valence-corrected chi connectivity index (χ4v) is 1.49. The van der Waals surface area contributed by atoms with Gasteiger partial charge in [-0.25, -0.2) is 0 Å². The van der Waals surface area contributed by atoms with Gasteiger partial charge in [-0.2, -0.15) is 0 Å². The fourth-order valence-electron chi connectivity index (χ4n) is 1.49. The molecule has 0 N–H and O–H groups in total. The second-order valence-electron chi connectivity index (χ2n) is 4.37. The van der Waals surface area contributed by atoms with E-state index in [4.69, 9.17) is 4.74 Å². The van der Waals surface area contributed by atoms with E-state index in [1.807, 2.05) is 0 Å². The Labute approximate surface area is 75.9 Å². The zero-order valence-corrected chi connectivity index (χ0v) is 8.71. The molecule has 72 valence electrons. The summed E-state index contributed by atoms with van der Waals surface area (Å²) in [6.45, 7) is 12.0. The summed E-state index contributed by atoms with van der Waals surface area (Å²) < 4.78 is 5.54. The molecule has 0 aromatic heterocycles. The molecule has 1 saturated heterocycles. The molecule has 0 bridgehead atoms. The minimum absolute atomic E-state index is 0.617. The largest absolute Gasteiger partial charge is 0.366 e. The number of hydrogen-bond donors (Lipinski definition) is 0. The zero-order chi connectivity index (χ0) is 9.14. The Balaban J connectivity index is 2.40. The van der Waals surface area contributed by atoms with Crippen LogP contribution in [0.3, 0.4) is 0 Å². The highest BCUT2D eigenvalue weighted by Crippen LogP contribution is 2.18. The van der Waals surface area contributed by atoms with E-state index in [1.54, 1.807) is 0 Å². The SMILES string of the molecule is CC(C)C1COCN(C(C)C)C1. The summed E-state index contributed by atoms with van der Waals surface area (Å²) >= 11 is 0. The van der Waals surface area contributed by atoms with Crippen LogP contribution in [0.5, 0.6) is 0 Å². The van der Waals surface area contributed by atoms with Crippen molar-refractivity contribution in [3.05, 3.63) is 0 Å². The molecular weight excluding hydrogens is 150 g/mol. The van der Waals surface area contributed by atoms with Crippen molar-refractivity contribution in [2.24, 2.45) is 11.8 Å². The standard InChI is InChI=1S/C10H21NO/c1-8(2)10-5-11(9(3)4)7-12-6-10/h8-10H,5-7H2,1-4H3. The average Bonchev–Trinajstić information content (AvgIpc) is 2.04. The molecule has 2 nitrogen and oxygen atoms in total. The van der Waals surface area contributed by atoms with Gasteiger partial charge in [-0.15, -0.1) is 0 Å². The lowest BCUT2D eigenvalue weighted by atomic mass is 9.95. The Kier molecular flexibility index (Phi) is 3.53. The number of ether oxygens (including phenoxy) is 1. The summed E-state index contributed by atoms with van der Waals surface area (Å²) in [6.07, 6.45) is 0. The van der Waals surface area contributed by atoms with Gasteiger partial charge in [-0.3, -0.25) is 4.90 Å². The van der Waals surface area contributed by atoms with Crippen LogP contribution < -0.4 is 0 Å². The second-order valence-corrected chi connectivity index (χ2v) is 4.37. The summed E-state index contributed by atoms with van der Waals surface area (Å²) in [7, 11) is 0. The van der Waals surface area contributed by atoms with Crippen LogP contribution in [0.25, 0.3) is 0 Å². The quantitative estimate of drug-likeness (QED) is 0.629. The third-order valence-electron chi connectivity index (χ3n) is 2.73. The van der Waals surface area contributed by atoms with Crippen molar-refractivity contribution in [1.82, 2.24) is 4.90 Å². The maximum Gasteiger partial charge on any atom is 0.0992 e. The highest BCUT2D eigenvalue weighted by molar-refractivity contribution is 4.72. The Hall–Kier alpha value is -0.0800. The molecule has 0 aromatic carbocycles. The molecule has 1 aliphatic rings. The van der Waals surface area contributed by atoms with E-state index >= 15 is 0 Å². The van der Waals surface area contributed by atoms with Gasteiger partial charge >= 0.3 is 0 Å². The predicted octanol–water partition coefficient (Wildman–Crippen LogP) is 1.96. The first kappa shape index (κ1) is 10.0. The average molecular weight is 171 g/mol. The van der Waals surface area contributed by atoms with E-state index < -0.39 is 0 Å². The lowest BCUT2D eigenvalue weighted by molar-refractivity contribution is -0.0701. The third kappa shape index (κ3) is 2.46. The molecule has 0 aliphatic carbocycles. The number of nitrogens with zero attached hydrogens (tertiary/aromatic N) is 1. The normalized spacial score (nSPS) is 27.0. The van der Waals surface area contributed by atoms with E-state index in [0.29, 0.717) is 6.04 Å². The highest BCUT2D eigenvalue weighted by Gasteiger charge is 2.23. The molecular formula is C10H21NO. The molecule has 0 aromatic rings. The van der Waals surface area contributed by atoms with Gasteiger partial charge in [0.05, 0.1) is 13.3 Å². The Morgan fingerprint density at radius 3 is 2.42 bits per heavy atom. The molecule has 0 spiro atoms. The summed E-state index contributed by atoms with van der Waals surface area (Å²) in [5.74, 6) is 1.47. The first-order valence-electron chi connectivity index (χ1n) is 4.93. The van der Waals surface area contributed by atoms with Crippen LogP contribution in [-0.2, 0) is 4.74 Å². The van der Waals surface area contributed by atoms with E-state index in [0.717, 1.165) is 25.2 Å². The topological polar surface area (TPSA) is 12.5 Å². The van der Waals surface area contributed by atoms with Crippen LogP contribution in [0.4, 0.5) is 0 Å². The van der Waals surface area contributed by atoms with Crippen molar-refractivity contribution < 1.29 is 4.74 Å². The van der Waals surface area contributed by atoms with Crippen LogP contribution in [0.15, 0.2) is 0 Å². The maximum atomic E-state index is 5.54. The predicted molar refractivity (Wildman–Crippen MR) is 51.0 cm³/mol. The van der Waals surface area contributed by atoms with Gasteiger partial charge < -0.3 is 4.74 Å². The minimum Gasteiger partial charge on any atom is -0.366 e. The fraction of sp³-hybridized carbons (Fsp3) is 1.00. The molecule has 1 fully saturated rings. The second kappa shape index (κ2) is 4.24. The minimum atomic E-state index is 0.617. The van der Waals surface area contributed by atoms with Gasteiger partial charge in [0.25, 0.3) is 0 Å². The maximum absolute atomic E-state index is 5.54. The molecule has 1 rings (SSSR count). The van der Waals surface area contributed by atoms with Gasteiger partial charge in [0.2, 0.25) is 0 Å². The molecule has 12 heavy (non-hydrogen) atoms. The van der Waals surface area contributed by atoms with Crippen LogP contribution in [0.2, 0.25) is 0 Å². The molecule has 0 radical (unpaired) electrons. The Morgan fingerprint density at radius 1 is 1.25 bits per heavy atom. The van der Waals surface area contributed by atoms with E-state index in [1.165, 1.54) is 6.54 Å². The number of rotatable bonds is 2. The Morgan fingerprint density at radius 2 is 1.92 bits per heavy atom. The smallest absolute Gasteiger partial charge is 0.0992 e. The van der Waals surface area contributed by atoms with E-state index in [9.17, 15) is 0 Å². The van der Waals surface area contributed by atoms with Gasteiger partial charge in [-0.05, 0) is 25.7 Å². The molecule has 1 unspecified atom stereocenters. The van der Waals surface area contributed by atoms with Gasteiger partial charge in [0, 0.05) is 12.6 Å². The van der Waals surface area contributed by atoms with Crippen LogP contribution in [-0.4, -0.2) is 30.8 Å². The summed E-state index contributed by atoms with van der Waals surface area (Å²) in [6, 6.07) is 0.617. The van der Waals surface area contributed by atoms with Crippen molar-refractivity contribution in [2.45, 2.75) is 33.7 Å². The van der Waals surface area contributed by atoms with Gasteiger partial charge in [0.1, 0.15) is 0 Å². The van der Waals surface area contributed by atoms with E-state index in [2.05, 4.69) is 32.6 Å². The molecule has 0 saturated carbocycles. The zero-order valence-electron chi connectivity index (χ0n) is 8.71. The highest BCUT2D eigenvalue weighted by atomic mass is 16.5. The number of hydrogen-bond acceptors (Lipinski definition) is 2. The summed E-state index contributed by atoms with van der Waals surface area (Å²) in [5.41, 5.74) is 0. The molecule has 1 aliphatic heterocycles. The lowest BCUT2D eigenvalue weighted by Gasteiger charge is -2.36. The van der Waals surface area contributed by atoms with Crippen molar-refractivity contribution >= 4 is 0 Å². The molecule has 1 atom stereocenters.